The number of aromatic nitrogens is 1. The number of nitrogens with one attached hydrogen (secondary N) is 1. The summed E-state index contributed by atoms with van der Waals surface area (Å²) in [5.41, 5.74) is 1.98. The summed E-state index contributed by atoms with van der Waals surface area (Å²) in [5.74, 6) is -0.129. The molecular formula is C16H22N2O4S3. The maximum absolute atomic E-state index is 11.4. The number of rotatable bonds is 8. The number of anilines is 1. The number of thiazole rings is 1. The summed E-state index contributed by atoms with van der Waals surface area (Å²) in [6, 6.07) is 2.08. The minimum absolute atomic E-state index is 0.129. The first-order valence-corrected chi connectivity index (χ1v) is 11.4. The molecule has 138 valence electrons. The van der Waals surface area contributed by atoms with Crippen molar-refractivity contribution in [2.75, 3.05) is 11.6 Å². The molecule has 0 saturated carbocycles. The second-order valence-corrected chi connectivity index (χ2v) is 9.41. The molecule has 1 N–H and O–H groups in total. The fourth-order valence-corrected chi connectivity index (χ4v) is 5.19. The van der Waals surface area contributed by atoms with E-state index in [-0.39, 0.29) is 5.91 Å². The van der Waals surface area contributed by atoms with Gasteiger partial charge in [0, 0.05) is 22.1 Å². The van der Waals surface area contributed by atoms with Crippen molar-refractivity contribution in [1.29, 1.82) is 0 Å². The van der Waals surface area contributed by atoms with Gasteiger partial charge in [0.15, 0.2) is 5.13 Å². The lowest BCUT2D eigenvalue weighted by molar-refractivity contribution is -0.114. The van der Waals surface area contributed by atoms with Gasteiger partial charge in [-0.3, -0.25) is 8.98 Å². The van der Waals surface area contributed by atoms with Crippen LogP contribution in [0.1, 0.15) is 47.4 Å². The normalized spacial score (nSPS) is 13.0. The standard InChI is InChI=1S/C16H22N2O4S3/c1-5-14(22-25(4,20)21)15-10(2)8-13(24-15)7-6-12-9-23-16(18-12)17-11(3)19/h8-9,14H,5-7H2,1-4H3,(H,17,18,19). The highest BCUT2D eigenvalue weighted by Gasteiger charge is 2.20. The molecule has 0 aliphatic rings. The number of thiophene rings is 1. The Hall–Kier alpha value is -1.29. The lowest BCUT2D eigenvalue weighted by Gasteiger charge is -2.13. The first-order valence-electron chi connectivity index (χ1n) is 7.87. The van der Waals surface area contributed by atoms with Gasteiger partial charge in [0.05, 0.1) is 11.9 Å². The second-order valence-electron chi connectivity index (χ2n) is 5.78. The zero-order chi connectivity index (χ0) is 18.6. The zero-order valence-electron chi connectivity index (χ0n) is 14.7. The van der Waals surface area contributed by atoms with Crippen molar-refractivity contribution in [1.82, 2.24) is 4.98 Å². The van der Waals surface area contributed by atoms with E-state index >= 15 is 0 Å². The first-order chi connectivity index (χ1) is 11.7. The number of nitrogens with zero attached hydrogens (tertiary/aromatic N) is 1. The van der Waals surface area contributed by atoms with Crippen molar-refractivity contribution in [3.8, 4) is 0 Å². The number of amides is 1. The molecule has 2 aromatic heterocycles. The van der Waals surface area contributed by atoms with Gasteiger partial charge in [-0.2, -0.15) is 8.42 Å². The Morgan fingerprint density at radius 1 is 1.40 bits per heavy atom. The molecule has 1 atom stereocenters. The van der Waals surface area contributed by atoms with E-state index in [1.807, 2.05) is 19.2 Å². The van der Waals surface area contributed by atoms with Gasteiger partial charge >= 0.3 is 0 Å². The zero-order valence-corrected chi connectivity index (χ0v) is 17.1. The third kappa shape index (κ3) is 6.18. The lowest BCUT2D eigenvalue weighted by atomic mass is 10.1. The Kier molecular flexibility index (Phi) is 6.72. The SMILES string of the molecule is CCC(OS(C)(=O)=O)c1sc(CCc2csc(NC(C)=O)n2)cc1C. The first kappa shape index (κ1) is 20.0. The molecule has 1 unspecified atom stereocenters. The van der Waals surface area contributed by atoms with Crippen LogP contribution in [0.4, 0.5) is 5.13 Å². The molecule has 2 heterocycles. The fraction of sp³-hybridized carbons (Fsp3) is 0.500. The van der Waals surface area contributed by atoms with Crippen LogP contribution in [0.3, 0.4) is 0 Å². The van der Waals surface area contributed by atoms with Gasteiger partial charge in [0.2, 0.25) is 5.91 Å². The Labute approximate surface area is 156 Å². The molecule has 9 heteroatoms. The number of aryl methyl sites for hydroxylation is 3. The van der Waals surface area contributed by atoms with Crippen LogP contribution in [-0.4, -0.2) is 25.6 Å². The largest absolute Gasteiger partial charge is 0.302 e. The Balaban J connectivity index is 2.04. The smallest absolute Gasteiger partial charge is 0.265 e. The van der Waals surface area contributed by atoms with Gasteiger partial charge in [-0.05, 0) is 37.8 Å². The predicted octanol–water partition coefficient (Wildman–Crippen LogP) is 3.68. The van der Waals surface area contributed by atoms with Crippen molar-refractivity contribution in [2.45, 2.75) is 46.1 Å². The van der Waals surface area contributed by atoms with Gasteiger partial charge in [-0.1, -0.05) is 6.92 Å². The number of hydrogen-bond donors (Lipinski definition) is 1. The van der Waals surface area contributed by atoms with E-state index in [0.29, 0.717) is 11.6 Å². The molecule has 0 radical (unpaired) electrons. The average molecular weight is 403 g/mol. The van der Waals surface area contributed by atoms with E-state index in [9.17, 15) is 13.2 Å². The van der Waals surface area contributed by atoms with Crippen molar-refractivity contribution in [3.05, 3.63) is 32.5 Å². The third-order valence-electron chi connectivity index (χ3n) is 3.42. The Morgan fingerprint density at radius 2 is 2.12 bits per heavy atom. The highest BCUT2D eigenvalue weighted by atomic mass is 32.2. The van der Waals surface area contributed by atoms with E-state index < -0.39 is 16.2 Å². The van der Waals surface area contributed by atoms with Crippen LogP contribution in [0.15, 0.2) is 11.4 Å². The van der Waals surface area contributed by atoms with E-state index in [1.54, 1.807) is 11.3 Å². The molecule has 2 aromatic rings. The molecule has 0 bridgehead atoms. The summed E-state index contributed by atoms with van der Waals surface area (Å²) in [7, 11) is -3.49. The maximum Gasteiger partial charge on any atom is 0.265 e. The highest BCUT2D eigenvalue weighted by molar-refractivity contribution is 7.86. The monoisotopic (exact) mass is 402 g/mol. The van der Waals surface area contributed by atoms with Crippen LogP contribution in [0.5, 0.6) is 0 Å². The Bertz CT molecular complexity index is 839. The van der Waals surface area contributed by atoms with E-state index in [2.05, 4.69) is 16.4 Å². The molecule has 2 rings (SSSR count). The third-order valence-corrected chi connectivity index (χ3v) is 6.20. The minimum atomic E-state index is -3.49. The molecule has 0 aliphatic carbocycles. The maximum atomic E-state index is 11.4. The Morgan fingerprint density at radius 3 is 2.72 bits per heavy atom. The van der Waals surface area contributed by atoms with Crippen molar-refractivity contribution in [2.24, 2.45) is 0 Å². The number of carbonyl (C=O) groups excluding carboxylic acids is 1. The second kappa shape index (κ2) is 8.39. The van der Waals surface area contributed by atoms with Gasteiger partial charge < -0.3 is 5.32 Å². The minimum Gasteiger partial charge on any atom is -0.302 e. The van der Waals surface area contributed by atoms with Crippen LogP contribution in [0.2, 0.25) is 0 Å². The molecule has 0 fully saturated rings. The summed E-state index contributed by atoms with van der Waals surface area (Å²) in [6.07, 6.45) is 2.82. The van der Waals surface area contributed by atoms with Crippen LogP contribution >= 0.6 is 22.7 Å². The predicted molar refractivity (Wildman–Crippen MR) is 102 cm³/mol. The van der Waals surface area contributed by atoms with Crippen molar-refractivity contribution < 1.29 is 17.4 Å². The van der Waals surface area contributed by atoms with Crippen LogP contribution < -0.4 is 5.32 Å². The van der Waals surface area contributed by atoms with E-state index in [1.165, 1.54) is 18.3 Å². The molecule has 25 heavy (non-hydrogen) atoms. The number of carbonyl (C=O) groups is 1. The van der Waals surface area contributed by atoms with E-state index in [0.717, 1.165) is 40.1 Å². The summed E-state index contributed by atoms with van der Waals surface area (Å²) in [4.78, 5) is 17.5. The van der Waals surface area contributed by atoms with Gasteiger partial charge in [0.1, 0.15) is 6.10 Å². The fourth-order valence-electron chi connectivity index (χ4n) is 2.40. The lowest BCUT2D eigenvalue weighted by Crippen LogP contribution is -2.09. The number of hydrogen-bond acceptors (Lipinski definition) is 7. The highest BCUT2D eigenvalue weighted by Crippen LogP contribution is 2.33. The van der Waals surface area contributed by atoms with Crippen LogP contribution in [-0.2, 0) is 31.9 Å². The topological polar surface area (TPSA) is 85.4 Å². The van der Waals surface area contributed by atoms with Crippen molar-refractivity contribution in [3.63, 3.8) is 0 Å². The van der Waals surface area contributed by atoms with Gasteiger partial charge in [0.25, 0.3) is 10.1 Å². The summed E-state index contributed by atoms with van der Waals surface area (Å²) in [5, 5.41) is 5.23. The quantitative estimate of drug-likeness (QED) is 0.681. The molecule has 0 aromatic carbocycles. The summed E-state index contributed by atoms with van der Waals surface area (Å²) < 4.78 is 28.1. The summed E-state index contributed by atoms with van der Waals surface area (Å²) in [6.45, 7) is 5.34. The molecular weight excluding hydrogens is 380 g/mol. The molecule has 0 saturated heterocycles. The molecule has 0 aliphatic heterocycles. The average Bonchev–Trinajstić information content (AvgIpc) is 3.07. The summed E-state index contributed by atoms with van der Waals surface area (Å²) >= 11 is 3.00. The van der Waals surface area contributed by atoms with Crippen molar-refractivity contribution >= 4 is 43.8 Å². The molecule has 6 nitrogen and oxygen atoms in total. The van der Waals surface area contributed by atoms with Gasteiger partial charge in [-0.25, -0.2) is 4.98 Å². The molecule has 1 amide bonds. The van der Waals surface area contributed by atoms with Crippen LogP contribution in [0, 0.1) is 6.92 Å². The van der Waals surface area contributed by atoms with E-state index in [4.69, 9.17) is 4.18 Å². The van der Waals surface area contributed by atoms with Gasteiger partial charge in [-0.15, -0.1) is 22.7 Å². The molecule has 0 spiro atoms. The van der Waals surface area contributed by atoms with Crippen LogP contribution in [0.25, 0.3) is 0 Å².